The van der Waals surface area contributed by atoms with E-state index >= 15 is 0 Å². The number of primary amides is 1. The summed E-state index contributed by atoms with van der Waals surface area (Å²) in [5, 5.41) is 2.07. The Bertz CT molecular complexity index is 919. The highest BCUT2D eigenvalue weighted by molar-refractivity contribution is 7.13. The summed E-state index contributed by atoms with van der Waals surface area (Å²) in [7, 11) is 0. The van der Waals surface area contributed by atoms with Gasteiger partial charge in [-0.1, -0.05) is 44.2 Å². The Labute approximate surface area is 188 Å². The van der Waals surface area contributed by atoms with Crippen LogP contribution in [0.15, 0.2) is 41.8 Å². The van der Waals surface area contributed by atoms with E-state index in [1.165, 1.54) is 4.88 Å². The van der Waals surface area contributed by atoms with Crippen LogP contribution in [0.25, 0.3) is 10.4 Å². The number of benzene rings is 1. The average molecular weight is 441 g/mol. The van der Waals surface area contributed by atoms with Crippen LogP contribution in [-0.4, -0.2) is 41.9 Å². The number of hydrazine groups is 1. The molecule has 2 aliphatic rings. The van der Waals surface area contributed by atoms with E-state index in [0.29, 0.717) is 44.3 Å². The van der Waals surface area contributed by atoms with E-state index in [9.17, 15) is 9.59 Å². The Balaban J connectivity index is 1.46. The van der Waals surface area contributed by atoms with Crippen molar-refractivity contribution >= 4 is 23.2 Å². The van der Waals surface area contributed by atoms with Crippen LogP contribution in [0.2, 0.25) is 0 Å². The highest BCUT2D eigenvalue weighted by atomic mass is 32.1. The predicted molar refractivity (Wildman–Crippen MR) is 124 cm³/mol. The first-order valence-corrected chi connectivity index (χ1v) is 12.0. The maximum absolute atomic E-state index is 13.0. The highest BCUT2D eigenvalue weighted by Crippen LogP contribution is 2.39. The number of amides is 2. The van der Waals surface area contributed by atoms with Crippen LogP contribution in [0, 0.1) is 11.3 Å². The van der Waals surface area contributed by atoms with E-state index in [4.69, 9.17) is 5.73 Å². The third kappa shape index (κ3) is 4.54. The largest absolute Gasteiger partial charge is 0.369 e. The normalized spacial score (nSPS) is 23.3. The molecule has 4 N–H and O–H groups in total. The van der Waals surface area contributed by atoms with Crippen LogP contribution < -0.4 is 16.6 Å². The van der Waals surface area contributed by atoms with Gasteiger partial charge < -0.3 is 10.6 Å². The minimum absolute atomic E-state index is 0.118. The van der Waals surface area contributed by atoms with Crippen molar-refractivity contribution < 1.29 is 9.59 Å². The molecule has 0 spiro atoms. The fourth-order valence-electron chi connectivity index (χ4n) is 4.78. The molecule has 0 radical (unpaired) electrons. The fraction of sp³-hybridized carbons (Fsp3) is 0.500. The number of thiophene rings is 1. The lowest BCUT2D eigenvalue weighted by atomic mass is 9.72. The number of hydrogen-bond acceptors (Lipinski definition) is 5. The van der Waals surface area contributed by atoms with E-state index in [-0.39, 0.29) is 17.9 Å². The Morgan fingerprint density at radius 1 is 1.16 bits per heavy atom. The summed E-state index contributed by atoms with van der Waals surface area (Å²) in [6.45, 7) is 5.44. The SMILES string of the molecule is CC(C)C1CC(C(=O)N2CCC(Cc3ccccc3-c3cccs3)(C(N)=O)CC2)NN1. The van der Waals surface area contributed by atoms with E-state index in [1.54, 1.807) is 11.3 Å². The molecule has 1 aromatic carbocycles. The van der Waals surface area contributed by atoms with Crippen LogP contribution in [0.3, 0.4) is 0 Å². The monoisotopic (exact) mass is 440 g/mol. The zero-order chi connectivity index (χ0) is 22.0. The number of piperidine rings is 1. The lowest BCUT2D eigenvalue weighted by Crippen LogP contribution is -2.53. The lowest BCUT2D eigenvalue weighted by molar-refractivity contribution is -0.140. The number of nitrogens with two attached hydrogens (primary N) is 1. The molecule has 2 saturated heterocycles. The molecule has 2 fully saturated rings. The average Bonchev–Trinajstić information content (AvgIpc) is 3.46. The Hall–Kier alpha value is -2.22. The number of carbonyl (C=O) groups excluding carboxylic acids is 2. The van der Waals surface area contributed by atoms with E-state index in [2.05, 4.69) is 48.3 Å². The van der Waals surface area contributed by atoms with Crippen LogP contribution in [0.1, 0.15) is 38.7 Å². The van der Waals surface area contributed by atoms with Crippen LogP contribution >= 0.6 is 11.3 Å². The van der Waals surface area contributed by atoms with E-state index < -0.39 is 5.41 Å². The Morgan fingerprint density at radius 2 is 1.90 bits per heavy atom. The number of rotatable bonds is 6. The van der Waals surface area contributed by atoms with Crippen molar-refractivity contribution in [2.75, 3.05) is 13.1 Å². The minimum Gasteiger partial charge on any atom is -0.369 e. The van der Waals surface area contributed by atoms with Gasteiger partial charge in [0.2, 0.25) is 11.8 Å². The number of likely N-dealkylation sites (tertiary alicyclic amines) is 1. The molecule has 0 bridgehead atoms. The quantitative estimate of drug-likeness (QED) is 0.645. The molecule has 2 amide bonds. The molecule has 2 aromatic rings. The first kappa shape index (κ1) is 22.0. The molecular formula is C24H32N4O2S. The summed E-state index contributed by atoms with van der Waals surface area (Å²) >= 11 is 1.70. The molecule has 166 valence electrons. The molecule has 31 heavy (non-hydrogen) atoms. The zero-order valence-corrected chi connectivity index (χ0v) is 19.1. The van der Waals surface area contributed by atoms with Gasteiger partial charge in [-0.05, 0) is 54.2 Å². The second-order valence-electron chi connectivity index (χ2n) is 9.21. The standard InChI is InChI=1S/C24H32N4O2S/c1-16(2)19-14-20(27-26-19)22(29)28-11-9-24(10-12-28,23(25)30)15-17-6-3-4-7-18(17)21-8-5-13-31-21/h3-8,13,16,19-20,26-27H,9-12,14-15H2,1-2H3,(H2,25,30). The fourth-order valence-corrected chi connectivity index (χ4v) is 5.56. The summed E-state index contributed by atoms with van der Waals surface area (Å²) in [5.41, 5.74) is 14.0. The smallest absolute Gasteiger partial charge is 0.241 e. The zero-order valence-electron chi connectivity index (χ0n) is 18.3. The van der Waals surface area contributed by atoms with E-state index in [0.717, 1.165) is 17.5 Å². The predicted octanol–water partition coefficient (Wildman–Crippen LogP) is 2.94. The maximum Gasteiger partial charge on any atom is 0.241 e. The molecule has 3 heterocycles. The van der Waals surface area contributed by atoms with E-state index in [1.807, 2.05) is 23.1 Å². The van der Waals surface area contributed by atoms with Crippen molar-refractivity contribution in [1.82, 2.24) is 15.8 Å². The minimum atomic E-state index is -0.619. The van der Waals surface area contributed by atoms with Gasteiger partial charge >= 0.3 is 0 Å². The molecule has 0 aliphatic carbocycles. The van der Waals surface area contributed by atoms with Gasteiger partial charge in [0.25, 0.3) is 0 Å². The summed E-state index contributed by atoms with van der Waals surface area (Å²) in [6, 6.07) is 12.5. The van der Waals surface area contributed by atoms with Gasteiger partial charge in [0.15, 0.2) is 0 Å². The Morgan fingerprint density at radius 3 is 2.52 bits per heavy atom. The van der Waals surface area contributed by atoms with Gasteiger partial charge in [-0.3, -0.25) is 15.0 Å². The number of nitrogens with zero attached hydrogens (tertiary/aromatic N) is 1. The molecule has 2 aliphatic heterocycles. The molecule has 7 heteroatoms. The third-order valence-corrected chi connectivity index (χ3v) is 7.83. The first-order chi connectivity index (χ1) is 14.9. The van der Waals surface area contributed by atoms with Gasteiger partial charge in [0, 0.05) is 24.0 Å². The third-order valence-electron chi connectivity index (χ3n) is 6.92. The number of nitrogens with one attached hydrogen (secondary N) is 2. The summed E-state index contributed by atoms with van der Waals surface area (Å²) in [5.74, 6) is 0.325. The maximum atomic E-state index is 13.0. The summed E-state index contributed by atoms with van der Waals surface area (Å²) < 4.78 is 0. The molecule has 4 rings (SSSR count). The van der Waals surface area contributed by atoms with Crippen LogP contribution in [0.5, 0.6) is 0 Å². The summed E-state index contributed by atoms with van der Waals surface area (Å²) in [6.07, 6.45) is 2.60. The molecule has 2 atom stereocenters. The Kier molecular flexibility index (Phi) is 6.46. The number of hydrogen-bond donors (Lipinski definition) is 3. The van der Waals surface area contributed by atoms with Crippen molar-refractivity contribution in [1.29, 1.82) is 0 Å². The molecule has 2 unspecified atom stereocenters. The van der Waals surface area contributed by atoms with Crippen LogP contribution in [-0.2, 0) is 16.0 Å². The second kappa shape index (κ2) is 9.10. The lowest BCUT2D eigenvalue weighted by Gasteiger charge is -2.40. The van der Waals surface area contributed by atoms with Crippen molar-refractivity contribution in [3.05, 3.63) is 47.3 Å². The van der Waals surface area contributed by atoms with Gasteiger partial charge in [-0.25, -0.2) is 5.43 Å². The van der Waals surface area contributed by atoms with Gasteiger partial charge in [-0.15, -0.1) is 11.3 Å². The van der Waals surface area contributed by atoms with Crippen molar-refractivity contribution in [2.24, 2.45) is 17.1 Å². The second-order valence-corrected chi connectivity index (χ2v) is 10.2. The van der Waals surface area contributed by atoms with Gasteiger partial charge in [0.1, 0.15) is 6.04 Å². The summed E-state index contributed by atoms with van der Waals surface area (Å²) in [4.78, 5) is 28.7. The molecular weight excluding hydrogens is 408 g/mol. The van der Waals surface area contributed by atoms with Crippen molar-refractivity contribution in [3.63, 3.8) is 0 Å². The van der Waals surface area contributed by atoms with Gasteiger partial charge in [0.05, 0.1) is 5.41 Å². The van der Waals surface area contributed by atoms with Crippen LogP contribution in [0.4, 0.5) is 0 Å². The van der Waals surface area contributed by atoms with Crippen molar-refractivity contribution in [2.45, 2.75) is 51.6 Å². The number of carbonyl (C=O) groups is 2. The van der Waals surface area contributed by atoms with Gasteiger partial charge in [-0.2, -0.15) is 0 Å². The highest BCUT2D eigenvalue weighted by Gasteiger charge is 2.43. The molecule has 6 nitrogen and oxygen atoms in total. The molecule has 1 aromatic heterocycles. The first-order valence-electron chi connectivity index (χ1n) is 11.1. The van der Waals surface area contributed by atoms with Crippen molar-refractivity contribution in [3.8, 4) is 10.4 Å². The molecule has 0 saturated carbocycles. The topological polar surface area (TPSA) is 87.5 Å².